The van der Waals surface area contributed by atoms with E-state index in [-0.39, 0.29) is 18.4 Å². The fraction of sp³-hybridized carbons (Fsp3) is 0.957. The van der Waals surface area contributed by atoms with Crippen molar-refractivity contribution in [1.29, 1.82) is 0 Å². The molecule has 0 spiro atoms. The summed E-state index contributed by atoms with van der Waals surface area (Å²) in [6.07, 6.45) is 43.1. The van der Waals surface area contributed by atoms with Gasteiger partial charge in [0.15, 0.2) is 0 Å². The highest BCUT2D eigenvalue weighted by molar-refractivity contribution is 5.90. The predicted molar refractivity (Wildman–Crippen MR) is 240 cm³/mol. The minimum Gasteiger partial charge on any atom is -0.344 e. The molecule has 0 bridgehead atoms. The molecule has 2 amide bonds. The summed E-state index contributed by atoms with van der Waals surface area (Å²) in [7, 11) is 0. The van der Waals surface area contributed by atoms with Gasteiger partial charge in [0.25, 0.3) is 5.91 Å². The summed E-state index contributed by atoms with van der Waals surface area (Å²) in [5.41, 5.74) is 10.6. The lowest BCUT2D eigenvalue weighted by molar-refractivity contribution is -0.135. The smallest absolute Gasteiger partial charge is 0.255 e. The summed E-state index contributed by atoms with van der Waals surface area (Å²) in [6.45, 7) is 10.7. The topological polar surface area (TPSA) is 126 Å². The van der Waals surface area contributed by atoms with Gasteiger partial charge in [-0.2, -0.15) is 0 Å². The number of hydrogen-bond acceptors (Lipinski definition) is 6. The quantitative estimate of drug-likeness (QED) is 0.0310. The van der Waals surface area contributed by atoms with Gasteiger partial charge in [-0.25, -0.2) is 0 Å². The highest BCUT2D eigenvalue weighted by Crippen LogP contribution is 2.16. The second-order valence-corrected chi connectivity index (χ2v) is 16.8. The average molecular weight is 779 g/mol. The van der Waals surface area contributed by atoms with Crippen molar-refractivity contribution in [3.63, 3.8) is 0 Å². The molecule has 0 aliphatic rings. The van der Waals surface area contributed by atoms with Crippen molar-refractivity contribution in [1.82, 2.24) is 20.9 Å². The summed E-state index contributed by atoms with van der Waals surface area (Å²) in [6, 6.07) is 0. The number of nitrogens with zero attached hydrogens (tertiary/aromatic N) is 1. The van der Waals surface area contributed by atoms with Crippen molar-refractivity contribution in [3.05, 3.63) is 0 Å². The van der Waals surface area contributed by atoms with Gasteiger partial charge in [0.2, 0.25) is 5.91 Å². The van der Waals surface area contributed by atoms with Crippen molar-refractivity contribution in [2.24, 2.45) is 11.5 Å². The highest BCUT2D eigenvalue weighted by atomic mass is 16.2. The minimum atomic E-state index is -0.924. The number of nitrogens with one attached hydrogen (secondary N) is 3. The molecule has 55 heavy (non-hydrogen) atoms. The lowest BCUT2D eigenvalue weighted by atomic mass is 10.0. The Labute approximate surface area is 343 Å². The molecule has 0 saturated heterocycles. The van der Waals surface area contributed by atoms with Crippen LogP contribution in [-0.2, 0) is 9.59 Å². The average Bonchev–Trinajstić information content (AvgIpc) is 3.19. The molecule has 0 fully saturated rings. The molecule has 8 nitrogen and oxygen atoms in total. The van der Waals surface area contributed by atoms with Crippen LogP contribution in [0.5, 0.6) is 0 Å². The first-order valence-electron chi connectivity index (χ1n) is 24.5. The summed E-state index contributed by atoms with van der Waals surface area (Å²) >= 11 is 0. The monoisotopic (exact) mass is 779 g/mol. The molecule has 0 atom stereocenters. The number of unbranched alkanes of at least 4 members (excludes halogenated alkanes) is 28. The molecule has 0 aromatic carbocycles. The Hall–Kier alpha value is -1.22. The van der Waals surface area contributed by atoms with Crippen LogP contribution in [0, 0.1) is 0 Å². The van der Waals surface area contributed by atoms with Crippen LogP contribution in [0.25, 0.3) is 0 Å². The number of hydrogen-bond donors (Lipinski definition) is 5. The van der Waals surface area contributed by atoms with E-state index in [1.807, 2.05) is 4.90 Å². The maximum absolute atomic E-state index is 13.7. The van der Waals surface area contributed by atoms with Crippen LogP contribution in [-0.4, -0.2) is 68.2 Å². The third-order valence-electron chi connectivity index (χ3n) is 11.4. The summed E-state index contributed by atoms with van der Waals surface area (Å²) in [5.74, 6) is -0.117. The van der Waals surface area contributed by atoms with Gasteiger partial charge >= 0.3 is 0 Å². The second-order valence-electron chi connectivity index (χ2n) is 16.8. The highest BCUT2D eigenvalue weighted by Gasteiger charge is 2.36. The van der Waals surface area contributed by atoms with Crippen LogP contribution in [0.4, 0.5) is 0 Å². The molecular weight excluding hydrogens is 681 g/mol. The zero-order valence-corrected chi connectivity index (χ0v) is 37.4. The van der Waals surface area contributed by atoms with Crippen LogP contribution in [0.15, 0.2) is 0 Å². The molecule has 0 aliphatic heterocycles. The first-order valence-corrected chi connectivity index (χ1v) is 24.5. The summed E-state index contributed by atoms with van der Waals surface area (Å²) < 4.78 is 0. The first-order chi connectivity index (χ1) is 27.0. The van der Waals surface area contributed by atoms with Crippen molar-refractivity contribution >= 4 is 11.8 Å². The van der Waals surface area contributed by atoms with Crippen molar-refractivity contribution in [3.8, 4) is 0 Å². The van der Waals surface area contributed by atoms with Crippen LogP contribution in [0.1, 0.15) is 239 Å². The molecule has 328 valence electrons. The lowest BCUT2D eigenvalue weighted by Crippen LogP contribution is -2.67. The number of nitrogens with two attached hydrogens (primary N) is 2. The van der Waals surface area contributed by atoms with Gasteiger partial charge in [0, 0.05) is 13.1 Å². The molecule has 0 heterocycles. The Morgan fingerprint density at radius 1 is 0.436 bits per heavy atom. The van der Waals surface area contributed by atoms with Gasteiger partial charge < -0.3 is 21.7 Å². The first kappa shape index (κ1) is 53.8. The third kappa shape index (κ3) is 33.5. The number of rotatable bonds is 45. The molecule has 0 radical (unpaired) electrons. The Morgan fingerprint density at radius 3 is 1.04 bits per heavy atom. The zero-order chi connectivity index (χ0) is 40.3. The lowest BCUT2D eigenvalue weighted by Gasteiger charge is -2.35. The fourth-order valence-corrected chi connectivity index (χ4v) is 7.82. The maximum Gasteiger partial charge on any atom is 0.255 e. The Kier molecular flexibility index (Phi) is 41.4. The van der Waals surface area contributed by atoms with Crippen molar-refractivity contribution in [2.75, 3.05) is 45.8 Å². The standard InChI is InChI=1S/C47H98N6O2/c1-4-7-9-11-13-15-17-19-21-23-25-27-29-31-33-42-53(43-34-32-30-28-26-24-22-20-18-16-14-12-10-8-5-2)45(54)44-50-46(55)47(37-6-3,51-40-35-38-48)52-41-36-39-49/h51-52H,4-44,48-49H2,1-3H3,(H,50,55). The second kappa shape index (κ2) is 42.4. The maximum atomic E-state index is 13.7. The SMILES string of the molecule is CCCCCCCCCCCCCCCCCN(CCCCCCCCCCCCCCCCC)C(=O)CNC(=O)C(CCC)(NCCCN)NCCCN. The summed E-state index contributed by atoms with van der Waals surface area (Å²) in [5, 5.41) is 9.92. The van der Waals surface area contributed by atoms with E-state index in [2.05, 4.69) is 36.7 Å². The normalized spacial score (nSPS) is 11.7. The predicted octanol–water partition coefficient (Wildman–Crippen LogP) is 11.0. The number of amides is 2. The molecule has 0 aromatic rings. The number of carbonyl (C=O) groups excluding carboxylic acids is 2. The van der Waals surface area contributed by atoms with Crippen molar-refractivity contribution < 1.29 is 9.59 Å². The van der Waals surface area contributed by atoms with Crippen LogP contribution in [0.2, 0.25) is 0 Å². The number of carbonyl (C=O) groups is 2. The van der Waals surface area contributed by atoms with Crippen LogP contribution < -0.4 is 27.4 Å². The fourth-order valence-electron chi connectivity index (χ4n) is 7.82. The van der Waals surface area contributed by atoms with Crippen LogP contribution in [0.3, 0.4) is 0 Å². The molecule has 0 aliphatic carbocycles. The molecule has 0 unspecified atom stereocenters. The molecule has 0 aromatic heterocycles. The Morgan fingerprint density at radius 2 is 0.745 bits per heavy atom. The van der Waals surface area contributed by atoms with E-state index in [0.717, 1.165) is 45.2 Å². The molecular formula is C47H98N6O2. The molecule has 8 heteroatoms. The molecule has 0 saturated carbocycles. The van der Waals surface area contributed by atoms with Gasteiger partial charge in [0.05, 0.1) is 6.54 Å². The van der Waals surface area contributed by atoms with E-state index >= 15 is 0 Å². The Bertz CT molecular complexity index is 768. The molecule has 7 N–H and O–H groups in total. The van der Waals surface area contributed by atoms with E-state index in [4.69, 9.17) is 11.5 Å². The van der Waals surface area contributed by atoms with Crippen molar-refractivity contribution in [2.45, 2.75) is 245 Å². The van der Waals surface area contributed by atoms with Gasteiger partial charge in [-0.05, 0) is 58.3 Å². The van der Waals surface area contributed by atoms with Gasteiger partial charge in [-0.1, -0.05) is 207 Å². The van der Waals surface area contributed by atoms with Gasteiger partial charge in [-0.15, -0.1) is 0 Å². The van der Waals surface area contributed by atoms with E-state index in [1.165, 1.54) is 180 Å². The van der Waals surface area contributed by atoms with Gasteiger partial charge in [0.1, 0.15) is 5.66 Å². The summed E-state index contributed by atoms with van der Waals surface area (Å²) in [4.78, 5) is 29.4. The minimum absolute atomic E-state index is 0.0402. The molecule has 0 rings (SSSR count). The van der Waals surface area contributed by atoms with Crippen LogP contribution >= 0.6 is 0 Å². The Balaban J connectivity index is 4.74. The zero-order valence-electron chi connectivity index (χ0n) is 37.4. The van der Waals surface area contributed by atoms with E-state index < -0.39 is 5.66 Å². The largest absolute Gasteiger partial charge is 0.344 e. The van der Waals surface area contributed by atoms with E-state index in [1.54, 1.807) is 0 Å². The van der Waals surface area contributed by atoms with E-state index in [0.29, 0.717) is 32.6 Å². The third-order valence-corrected chi connectivity index (χ3v) is 11.4. The van der Waals surface area contributed by atoms with E-state index in [9.17, 15) is 9.59 Å². The van der Waals surface area contributed by atoms with Gasteiger partial charge in [-0.3, -0.25) is 20.2 Å².